The minimum atomic E-state index is -1.88. The Hall–Kier alpha value is -5.58. The van der Waals surface area contributed by atoms with E-state index in [9.17, 15) is 19.8 Å². The maximum atomic E-state index is 14.2. The van der Waals surface area contributed by atoms with Gasteiger partial charge < -0.3 is 19.8 Å². The Morgan fingerprint density at radius 3 is 2.45 bits per heavy atom. The number of nitrogens with zero attached hydrogens (tertiary/aromatic N) is 5. The lowest BCUT2D eigenvalue weighted by Crippen LogP contribution is -2.44. The van der Waals surface area contributed by atoms with Crippen LogP contribution in [-0.2, 0) is 28.3 Å². The Labute approximate surface area is 284 Å². The number of carbonyl (C=O) groups excluding carboxylic acids is 2. The summed E-state index contributed by atoms with van der Waals surface area (Å²) in [6.45, 7) is 2.44. The van der Waals surface area contributed by atoms with E-state index in [1.807, 2.05) is 122 Å². The number of hydrogen-bond acceptors (Lipinski definition) is 7. The average Bonchev–Trinajstić information content (AvgIpc) is 3.68. The summed E-state index contributed by atoms with van der Waals surface area (Å²) in [6, 6.07) is 32.0. The first-order chi connectivity index (χ1) is 23.9. The SMILES string of the molecule is C[C@H](/C=C/CCn1cc(C(CO)c2ccccc2)nn1)[C@@]1(O)C(=O)N(Cc2ccccc2)c2ccc(N3C(=O)COc4ccccc43)cc21. The molecule has 49 heavy (non-hydrogen) atoms. The molecule has 10 nitrogen and oxygen atoms in total. The van der Waals surface area contributed by atoms with Crippen LogP contribution in [0.25, 0.3) is 0 Å². The summed E-state index contributed by atoms with van der Waals surface area (Å²) >= 11 is 0. The van der Waals surface area contributed by atoms with Crippen molar-refractivity contribution < 1.29 is 24.5 Å². The van der Waals surface area contributed by atoms with Crippen LogP contribution in [0.2, 0.25) is 0 Å². The lowest BCUT2D eigenvalue weighted by Gasteiger charge is -2.31. The maximum Gasteiger partial charge on any atom is 0.269 e. The summed E-state index contributed by atoms with van der Waals surface area (Å²) < 4.78 is 7.38. The van der Waals surface area contributed by atoms with Crippen LogP contribution in [0.4, 0.5) is 17.1 Å². The first-order valence-corrected chi connectivity index (χ1v) is 16.4. The molecule has 0 saturated carbocycles. The summed E-state index contributed by atoms with van der Waals surface area (Å²) in [6.07, 6.45) is 6.20. The smallest absolute Gasteiger partial charge is 0.269 e. The zero-order valence-electron chi connectivity index (χ0n) is 27.1. The summed E-state index contributed by atoms with van der Waals surface area (Å²) in [7, 11) is 0. The van der Waals surface area contributed by atoms with Crippen LogP contribution in [0.3, 0.4) is 0 Å². The van der Waals surface area contributed by atoms with Gasteiger partial charge in [0.05, 0.1) is 36.1 Å². The van der Waals surface area contributed by atoms with Crippen molar-refractivity contribution in [3.63, 3.8) is 0 Å². The van der Waals surface area contributed by atoms with Gasteiger partial charge in [0.25, 0.3) is 11.8 Å². The number of ether oxygens (including phenoxy) is 1. The Balaban J connectivity index is 1.15. The molecule has 5 aromatic rings. The number of aryl methyl sites for hydroxylation is 1. The molecule has 3 atom stereocenters. The van der Waals surface area contributed by atoms with Crippen LogP contribution in [0.5, 0.6) is 5.75 Å². The number of allylic oxidation sites excluding steroid dienone is 1. The number of hydrogen-bond donors (Lipinski definition) is 2. The van der Waals surface area contributed by atoms with E-state index >= 15 is 0 Å². The molecule has 2 aliphatic rings. The summed E-state index contributed by atoms with van der Waals surface area (Å²) in [5, 5.41) is 31.0. The van der Waals surface area contributed by atoms with Crippen LogP contribution < -0.4 is 14.5 Å². The van der Waals surface area contributed by atoms with E-state index in [-0.39, 0.29) is 31.6 Å². The quantitative estimate of drug-likeness (QED) is 0.181. The molecule has 7 rings (SSSR count). The highest BCUT2D eigenvalue weighted by molar-refractivity contribution is 6.09. The number of aliphatic hydroxyl groups excluding tert-OH is 1. The Morgan fingerprint density at radius 1 is 0.939 bits per heavy atom. The van der Waals surface area contributed by atoms with Gasteiger partial charge in [0.2, 0.25) is 0 Å². The standard InChI is InChI=1S/C39H37N5O5/c1-27(12-10-11-21-42-24-33(40-41-42)31(25-45)29-15-6-3-7-16-29)39(48)32-22-30(44-35-17-8-9-18-36(35)49-26-37(44)46)19-20-34(32)43(38(39)47)23-28-13-4-2-5-14-28/h2-10,12-20,22,24,27,31,45,48H,11,21,23,25-26H2,1H3/b12-10+/t27-,31?,39+/m1/s1. The normalized spacial score (nSPS) is 18.3. The average molecular weight is 656 g/mol. The predicted molar refractivity (Wildman–Crippen MR) is 185 cm³/mol. The van der Waals surface area contributed by atoms with E-state index in [0.29, 0.717) is 47.0 Å². The number of aromatic nitrogens is 3. The molecule has 2 amide bonds. The molecule has 2 N–H and O–H groups in total. The molecule has 3 heterocycles. The molecule has 0 spiro atoms. The number of fused-ring (bicyclic) bond motifs is 2. The van der Waals surface area contributed by atoms with Crippen LogP contribution in [0.15, 0.2) is 121 Å². The molecular formula is C39H37N5O5. The number of aliphatic hydroxyl groups is 2. The Bertz CT molecular complexity index is 2000. The van der Waals surface area contributed by atoms with E-state index in [0.717, 1.165) is 11.1 Å². The van der Waals surface area contributed by atoms with Crippen molar-refractivity contribution in [2.75, 3.05) is 23.0 Å². The fourth-order valence-electron chi connectivity index (χ4n) is 6.67. The molecular weight excluding hydrogens is 618 g/mol. The number of rotatable bonds is 11. The van der Waals surface area contributed by atoms with Gasteiger partial charge >= 0.3 is 0 Å². The van der Waals surface area contributed by atoms with Crippen LogP contribution in [-0.4, -0.2) is 50.2 Å². The van der Waals surface area contributed by atoms with Crippen LogP contribution >= 0.6 is 0 Å². The molecule has 0 aliphatic carbocycles. The van der Waals surface area contributed by atoms with Gasteiger partial charge in [-0.2, -0.15) is 0 Å². The summed E-state index contributed by atoms with van der Waals surface area (Å²) in [5.41, 5.74) is 2.89. The molecule has 4 aromatic carbocycles. The van der Waals surface area contributed by atoms with Crippen LogP contribution in [0, 0.1) is 5.92 Å². The van der Waals surface area contributed by atoms with Gasteiger partial charge in [-0.25, -0.2) is 0 Å². The summed E-state index contributed by atoms with van der Waals surface area (Å²) in [4.78, 5) is 30.6. The first-order valence-electron chi connectivity index (χ1n) is 16.4. The lowest BCUT2D eigenvalue weighted by atomic mass is 9.82. The second-order valence-electron chi connectivity index (χ2n) is 12.4. The van der Waals surface area contributed by atoms with Gasteiger partial charge in [0, 0.05) is 29.9 Å². The number of anilines is 3. The van der Waals surface area contributed by atoms with Crippen molar-refractivity contribution in [3.05, 3.63) is 144 Å². The highest BCUT2D eigenvalue weighted by Gasteiger charge is 2.53. The highest BCUT2D eigenvalue weighted by atomic mass is 16.5. The third kappa shape index (κ3) is 6.01. The van der Waals surface area contributed by atoms with Gasteiger partial charge in [-0.05, 0) is 47.9 Å². The van der Waals surface area contributed by atoms with Crippen LogP contribution in [0.1, 0.15) is 41.6 Å². The number of benzene rings is 4. The highest BCUT2D eigenvalue weighted by Crippen LogP contribution is 2.48. The van der Waals surface area contributed by atoms with Gasteiger partial charge in [-0.15, -0.1) is 5.10 Å². The van der Waals surface area contributed by atoms with Crippen molar-refractivity contribution in [2.45, 2.75) is 38.0 Å². The van der Waals surface area contributed by atoms with Gasteiger partial charge in [0.15, 0.2) is 12.2 Å². The molecule has 1 unspecified atom stereocenters. The van der Waals surface area contributed by atoms with Crippen molar-refractivity contribution in [2.24, 2.45) is 5.92 Å². The van der Waals surface area contributed by atoms with E-state index in [1.54, 1.807) is 20.5 Å². The fourth-order valence-corrected chi connectivity index (χ4v) is 6.67. The zero-order valence-corrected chi connectivity index (χ0v) is 27.1. The number of amides is 2. The monoisotopic (exact) mass is 655 g/mol. The maximum absolute atomic E-state index is 14.2. The van der Waals surface area contributed by atoms with E-state index in [2.05, 4.69) is 10.3 Å². The zero-order chi connectivity index (χ0) is 34.0. The van der Waals surface area contributed by atoms with Crippen molar-refractivity contribution >= 4 is 28.9 Å². The molecule has 10 heteroatoms. The number of para-hydroxylation sites is 2. The summed E-state index contributed by atoms with van der Waals surface area (Å²) in [5.74, 6) is -0.955. The third-order valence-corrected chi connectivity index (χ3v) is 9.31. The second kappa shape index (κ2) is 13.5. The lowest BCUT2D eigenvalue weighted by molar-refractivity contribution is -0.139. The van der Waals surface area contributed by atoms with Crippen molar-refractivity contribution in [1.82, 2.24) is 15.0 Å². The largest absolute Gasteiger partial charge is 0.482 e. The first kappa shape index (κ1) is 32.0. The van der Waals surface area contributed by atoms with E-state index < -0.39 is 17.4 Å². The molecule has 1 aromatic heterocycles. The third-order valence-electron chi connectivity index (χ3n) is 9.31. The topological polar surface area (TPSA) is 121 Å². The van der Waals surface area contributed by atoms with Gasteiger partial charge in [-0.3, -0.25) is 19.2 Å². The van der Waals surface area contributed by atoms with E-state index in [4.69, 9.17) is 4.74 Å². The molecule has 0 saturated heterocycles. The fraction of sp³-hybridized carbons (Fsp3) is 0.231. The second-order valence-corrected chi connectivity index (χ2v) is 12.4. The molecule has 0 fully saturated rings. The Kier molecular flexibility index (Phi) is 8.81. The Morgan fingerprint density at radius 2 is 1.67 bits per heavy atom. The van der Waals surface area contributed by atoms with Crippen molar-refractivity contribution in [3.8, 4) is 5.75 Å². The van der Waals surface area contributed by atoms with E-state index in [1.165, 1.54) is 0 Å². The molecule has 0 radical (unpaired) electrons. The molecule has 0 bridgehead atoms. The minimum absolute atomic E-state index is 0.0799. The van der Waals surface area contributed by atoms with Gasteiger partial charge in [0.1, 0.15) is 5.75 Å². The van der Waals surface area contributed by atoms with Crippen molar-refractivity contribution in [1.29, 1.82) is 0 Å². The number of carbonyl (C=O) groups is 2. The predicted octanol–water partition coefficient (Wildman–Crippen LogP) is 5.48. The minimum Gasteiger partial charge on any atom is -0.482 e. The van der Waals surface area contributed by atoms with Gasteiger partial charge in [-0.1, -0.05) is 97.1 Å². The molecule has 248 valence electrons. The molecule has 2 aliphatic heterocycles.